The van der Waals surface area contributed by atoms with Crippen LogP contribution in [-0.4, -0.2) is 12.0 Å². The Hall–Kier alpha value is -2.33. The summed E-state index contributed by atoms with van der Waals surface area (Å²) in [6, 6.07) is 18.1. The molecule has 0 aromatic heterocycles. The summed E-state index contributed by atoms with van der Waals surface area (Å²) in [4.78, 5) is 4.50. The van der Waals surface area contributed by atoms with E-state index >= 15 is 0 Å². The van der Waals surface area contributed by atoms with E-state index in [2.05, 4.69) is 33.1 Å². The molecule has 2 aromatic carbocycles. The van der Waals surface area contributed by atoms with Crippen LogP contribution < -0.4 is 0 Å². The van der Waals surface area contributed by atoms with Gasteiger partial charge in [-0.05, 0) is 43.2 Å². The highest BCUT2D eigenvalue weighted by molar-refractivity contribution is 9.10. The van der Waals surface area contributed by atoms with Gasteiger partial charge in [0.25, 0.3) is 5.79 Å². The minimum absolute atomic E-state index is 0.546. The summed E-state index contributed by atoms with van der Waals surface area (Å²) in [6.45, 7) is 0. The highest BCUT2D eigenvalue weighted by Gasteiger charge is 2.40. The smallest absolute Gasteiger partial charge is 0.251 e. The SMILES string of the molecule is Brc1ccc(N=C/C=C2/C=C(c3ccccc3)OC3(CCCCC3)O2)cc1. The molecular weight excluding hydrogens is 402 g/mol. The standard InChI is InChI=1S/C23H22BrNO2/c24-19-9-11-20(12-10-19)25-16-13-21-17-22(18-7-3-1-4-8-18)27-23(26-21)14-5-2-6-15-23/h1,3-4,7-13,16-17H,2,5-6,14-15H2/b21-13-,25-16?. The summed E-state index contributed by atoms with van der Waals surface area (Å²) >= 11 is 3.44. The van der Waals surface area contributed by atoms with Crippen LogP contribution in [0.15, 0.2) is 82.0 Å². The zero-order chi connectivity index (χ0) is 18.5. The van der Waals surface area contributed by atoms with Crippen LogP contribution >= 0.6 is 15.9 Å². The van der Waals surface area contributed by atoms with Gasteiger partial charge in [-0.3, -0.25) is 4.99 Å². The summed E-state index contributed by atoms with van der Waals surface area (Å²) in [5.41, 5.74) is 1.98. The second kappa shape index (κ2) is 8.13. The summed E-state index contributed by atoms with van der Waals surface area (Å²) in [7, 11) is 0. The van der Waals surface area contributed by atoms with Crippen molar-refractivity contribution in [3.63, 3.8) is 0 Å². The van der Waals surface area contributed by atoms with E-state index in [9.17, 15) is 0 Å². The van der Waals surface area contributed by atoms with E-state index in [1.807, 2.05) is 54.6 Å². The molecule has 4 heteroatoms. The van der Waals surface area contributed by atoms with Gasteiger partial charge >= 0.3 is 0 Å². The fourth-order valence-electron chi connectivity index (χ4n) is 3.47. The van der Waals surface area contributed by atoms with Gasteiger partial charge in [-0.25, -0.2) is 0 Å². The first-order valence-electron chi connectivity index (χ1n) is 9.38. The first-order valence-corrected chi connectivity index (χ1v) is 10.2. The topological polar surface area (TPSA) is 30.8 Å². The maximum atomic E-state index is 6.36. The Morgan fingerprint density at radius 2 is 1.63 bits per heavy atom. The van der Waals surface area contributed by atoms with E-state index in [1.54, 1.807) is 6.21 Å². The van der Waals surface area contributed by atoms with Crippen LogP contribution in [0, 0.1) is 0 Å². The third-order valence-electron chi connectivity index (χ3n) is 4.84. The molecule has 0 bridgehead atoms. The third kappa shape index (κ3) is 4.51. The largest absolute Gasteiger partial charge is 0.452 e. The molecular formula is C23H22BrNO2. The van der Waals surface area contributed by atoms with Gasteiger partial charge in [-0.1, -0.05) is 52.7 Å². The van der Waals surface area contributed by atoms with E-state index < -0.39 is 5.79 Å². The zero-order valence-electron chi connectivity index (χ0n) is 15.1. The maximum Gasteiger partial charge on any atom is 0.251 e. The highest BCUT2D eigenvalue weighted by atomic mass is 79.9. The number of rotatable bonds is 3. The van der Waals surface area contributed by atoms with E-state index in [1.165, 1.54) is 6.42 Å². The molecule has 0 unspecified atom stereocenters. The summed E-state index contributed by atoms with van der Waals surface area (Å²) in [6.07, 6.45) is 11.0. The van der Waals surface area contributed by atoms with Gasteiger partial charge in [0.05, 0.1) is 5.69 Å². The molecule has 0 amide bonds. The fraction of sp³-hybridized carbons (Fsp3) is 0.261. The van der Waals surface area contributed by atoms with Crippen LogP contribution in [0.25, 0.3) is 5.76 Å². The Bertz CT molecular complexity index is 863. The van der Waals surface area contributed by atoms with Crippen LogP contribution in [-0.2, 0) is 9.47 Å². The average Bonchev–Trinajstić information content (AvgIpc) is 2.70. The molecule has 1 saturated carbocycles. The molecule has 4 rings (SSSR count). The van der Waals surface area contributed by atoms with E-state index in [4.69, 9.17) is 9.47 Å². The summed E-state index contributed by atoms with van der Waals surface area (Å²) in [5.74, 6) is 1.12. The Morgan fingerprint density at radius 3 is 2.37 bits per heavy atom. The maximum absolute atomic E-state index is 6.36. The lowest BCUT2D eigenvalue weighted by molar-refractivity contribution is -0.196. The molecule has 1 aliphatic carbocycles. The number of allylic oxidation sites excluding steroid dienone is 2. The first kappa shape index (κ1) is 18.1. The Morgan fingerprint density at radius 1 is 0.889 bits per heavy atom. The van der Waals surface area contributed by atoms with Gasteiger partial charge < -0.3 is 9.47 Å². The number of ether oxygens (including phenoxy) is 2. The molecule has 138 valence electrons. The molecule has 1 spiro atoms. The number of hydrogen-bond donors (Lipinski definition) is 0. The van der Waals surface area contributed by atoms with E-state index in [-0.39, 0.29) is 0 Å². The summed E-state index contributed by atoms with van der Waals surface area (Å²) in [5, 5.41) is 0. The van der Waals surface area contributed by atoms with Gasteiger partial charge in [0.2, 0.25) is 0 Å². The molecule has 1 aliphatic heterocycles. The van der Waals surface area contributed by atoms with E-state index in [0.29, 0.717) is 0 Å². The number of halogens is 1. The van der Waals surface area contributed by atoms with Crippen molar-refractivity contribution in [2.45, 2.75) is 37.9 Å². The highest BCUT2D eigenvalue weighted by Crippen LogP contribution is 2.41. The quantitative estimate of drug-likeness (QED) is 0.509. The second-order valence-electron chi connectivity index (χ2n) is 6.87. The molecule has 0 N–H and O–H groups in total. The Kier molecular flexibility index (Phi) is 5.44. The van der Waals surface area contributed by atoms with Gasteiger partial charge in [0.15, 0.2) is 0 Å². The Balaban J connectivity index is 1.61. The van der Waals surface area contributed by atoms with Gasteiger partial charge in [0.1, 0.15) is 11.5 Å². The molecule has 0 atom stereocenters. The van der Waals surface area contributed by atoms with Crippen LogP contribution in [0.4, 0.5) is 5.69 Å². The van der Waals surface area contributed by atoms with Crippen LogP contribution in [0.3, 0.4) is 0 Å². The van der Waals surface area contributed by atoms with Crippen molar-refractivity contribution in [2.75, 3.05) is 0 Å². The lowest BCUT2D eigenvalue weighted by Gasteiger charge is -2.41. The van der Waals surface area contributed by atoms with Crippen molar-refractivity contribution in [2.24, 2.45) is 4.99 Å². The molecule has 1 fully saturated rings. The van der Waals surface area contributed by atoms with Crippen molar-refractivity contribution in [3.05, 3.63) is 82.5 Å². The van der Waals surface area contributed by atoms with Crippen LogP contribution in [0.1, 0.15) is 37.7 Å². The summed E-state index contributed by atoms with van der Waals surface area (Å²) < 4.78 is 13.7. The second-order valence-corrected chi connectivity index (χ2v) is 7.79. The fourth-order valence-corrected chi connectivity index (χ4v) is 3.73. The number of hydrogen-bond acceptors (Lipinski definition) is 3. The third-order valence-corrected chi connectivity index (χ3v) is 5.36. The van der Waals surface area contributed by atoms with Crippen molar-refractivity contribution in [3.8, 4) is 0 Å². The van der Waals surface area contributed by atoms with Crippen LogP contribution in [0.5, 0.6) is 0 Å². The number of nitrogens with zero attached hydrogens (tertiary/aromatic N) is 1. The monoisotopic (exact) mass is 423 g/mol. The predicted molar refractivity (Wildman–Crippen MR) is 113 cm³/mol. The van der Waals surface area contributed by atoms with Crippen molar-refractivity contribution in [1.29, 1.82) is 0 Å². The van der Waals surface area contributed by atoms with E-state index in [0.717, 1.165) is 52.9 Å². The molecule has 3 nitrogen and oxygen atoms in total. The average molecular weight is 424 g/mol. The predicted octanol–water partition coefficient (Wildman–Crippen LogP) is 6.78. The molecule has 2 aliphatic rings. The Labute approximate surface area is 168 Å². The molecule has 27 heavy (non-hydrogen) atoms. The number of aliphatic imine (C=N–C) groups is 1. The molecule has 0 saturated heterocycles. The number of benzene rings is 2. The first-order chi connectivity index (χ1) is 13.2. The van der Waals surface area contributed by atoms with Gasteiger partial charge in [0, 0.05) is 35.2 Å². The normalized spacial score (nSPS) is 20.3. The van der Waals surface area contributed by atoms with Crippen molar-refractivity contribution < 1.29 is 9.47 Å². The van der Waals surface area contributed by atoms with Crippen molar-refractivity contribution in [1.82, 2.24) is 0 Å². The lowest BCUT2D eigenvalue weighted by atomic mass is 9.93. The minimum Gasteiger partial charge on any atom is -0.452 e. The molecule has 2 aromatic rings. The van der Waals surface area contributed by atoms with Crippen molar-refractivity contribution >= 4 is 33.6 Å². The van der Waals surface area contributed by atoms with Gasteiger partial charge in [-0.15, -0.1) is 0 Å². The minimum atomic E-state index is -0.546. The van der Waals surface area contributed by atoms with Crippen LogP contribution in [0.2, 0.25) is 0 Å². The molecule has 1 heterocycles. The lowest BCUT2D eigenvalue weighted by Crippen LogP contribution is -2.39. The zero-order valence-corrected chi connectivity index (χ0v) is 16.7. The molecule has 0 radical (unpaired) electrons. The van der Waals surface area contributed by atoms with Gasteiger partial charge in [-0.2, -0.15) is 0 Å².